The standard InChI is InChI=1S/C11H9ClN2O2/c1-6(12)5-14-10(15)8-3-2-7(13)4-9(8)11(14)16/h2-4H,1,5,13H2. The Morgan fingerprint density at radius 3 is 2.56 bits per heavy atom. The Hall–Kier alpha value is -1.81. The highest BCUT2D eigenvalue weighted by molar-refractivity contribution is 6.30. The number of halogens is 1. The van der Waals surface area contributed by atoms with Crippen molar-refractivity contribution in [3.8, 4) is 0 Å². The van der Waals surface area contributed by atoms with E-state index in [1.165, 1.54) is 6.07 Å². The van der Waals surface area contributed by atoms with Gasteiger partial charge in [0.2, 0.25) is 0 Å². The topological polar surface area (TPSA) is 63.4 Å². The lowest BCUT2D eigenvalue weighted by atomic mass is 10.1. The molecule has 1 aliphatic heterocycles. The average molecular weight is 237 g/mol. The first-order valence-corrected chi connectivity index (χ1v) is 4.97. The Kier molecular flexibility index (Phi) is 2.44. The van der Waals surface area contributed by atoms with Gasteiger partial charge in [0.1, 0.15) is 0 Å². The van der Waals surface area contributed by atoms with E-state index < -0.39 is 0 Å². The van der Waals surface area contributed by atoms with Crippen molar-refractivity contribution in [1.82, 2.24) is 4.90 Å². The highest BCUT2D eigenvalue weighted by Crippen LogP contribution is 2.25. The van der Waals surface area contributed by atoms with Crippen LogP contribution in [0, 0.1) is 0 Å². The first kappa shape index (κ1) is 10.7. The average Bonchev–Trinajstić information content (AvgIpc) is 2.43. The second kappa shape index (κ2) is 3.64. The molecule has 1 aromatic rings. The van der Waals surface area contributed by atoms with Crippen LogP contribution in [0.1, 0.15) is 20.7 Å². The molecule has 2 amide bonds. The van der Waals surface area contributed by atoms with Gasteiger partial charge in [-0.3, -0.25) is 14.5 Å². The minimum absolute atomic E-state index is 0.0216. The maximum atomic E-state index is 11.8. The van der Waals surface area contributed by atoms with Crippen molar-refractivity contribution in [3.63, 3.8) is 0 Å². The molecule has 2 rings (SSSR count). The Morgan fingerprint density at radius 2 is 1.94 bits per heavy atom. The predicted octanol–water partition coefficient (Wildman–Crippen LogP) is 1.62. The third kappa shape index (κ3) is 1.57. The number of nitrogens with two attached hydrogens (primary N) is 1. The number of imide groups is 1. The van der Waals surface area contributed by atoms with Crippen LogP contribution < -0.4 is 5.73 Å². The van der Waals surface area contributed by atoms with Crippen LogP contribution in [0.25, 0.3) is 0 Å². The van der Waals surface area contributed by atoms with Gasteiger partial charge in [0.25, 0.3) is 11.8 Å². The summed E-state index contributed by atoms with van der Waals surface area (Å²) in [7, 11) is 0. The number of hydrogen-bond acceptors (Lipinski definition) is 3. The molecular weight excluding hydrogens is 228 g/mol. The van der Waals surface area contributed by atoms with Crippen LogP contribution in [-0.2, 0) is 0 Å². The second-order valence-electron chi connectivity index (χ2n) is 3.52. The number of carbonyl (C=O) groups excluding carboxylic acids is 2. The molecule has 0 aliphatic carbocycles. The molecule has 82 valence electrons. The Balaban J connectivity index is 2.44. The van der Waals surface area contributed by atoms with E-state index in [2.05, 4.69) is 6.58 Å². The Labute approximate surface area is 97.3 Å². The number of rotatable bonds is 2. The van der Waals surface area contributed by atoms with E-state index in [-0.39, 0.29) is 23.4 Å². The normalized spacial score (nSPS) is 14.2. The van der Waals surface area contributed by atoms with Crippen LogP contribution >= 0.6 is 11.6 Å². The van der Waals surface area contributed by atoms with Crippen molar-refractivity contribution in [2.24, 2.45) is 0 Å². The third-order valence-corrected chi connectivity index (χ3v) is 2.44. The minimum Gasteiger partial charge on any atom is -0.399 e. The summed E-state index contributed by atoms with van der Waals surface area (Å²) in [4.78, 5) is 24.7. The van der Waals surface area contributed by atoms with Gasteiger partial charge >= 0.3 is 0 Å². The summed E-state index contributed by atoms with van der Waals surface area (Å²) in [6.07, 6.45) is 0. The van der Waals surface area contributed by atoms with Gasteiger partial charge in [-0.05, 0) is 18.2 Å². The van der Waals surface area contributed by atoms with Crippen LogP contribution in [0.15, 0.2) is 29.8 Å². The van der Waals surface area contributed by atoms with Crippen LogP contribution in [0.3, 0.4) is 0 Å². The first-order valence-electron chi connectivity index (χ1n) is 4.59. The fourth-order valence-electron chi connectivity index (χ4n) is 1.62. The molecule has 1 aromatic carbocycles. The predicted molar refractivity (Wildman–Crippen MR) is 61.2 cm³/mol. The zero-order valence-corrected chi connectivity index (χ0v) is 9.12. The lowest BCUT2D eigenvalue weighted by molar-refractivity contribution is 0.0670. The maximum absolute atomic E-state index is 11.8. The van der Waals surface area contributed by atoms with E-state index in [9.17, 15) is 9.59 Å². The molecule has 0 spiro atoms. The van der Waals surface area contributed by atoms with Gasteiger partial charge in [-0.15, -0.1) is 0 Å². The fraction of sp³-hybridized carbons (Fsp3) is 0.0909. The molecule has 4 nitrogen and oxygen atoms in total. The molecule has 2 N–H and O–H groups in total. The summed E-state index contributed by atoms with van der Waals surface area (Å²) < 4.78 is 0. The fourth-order valence-corrected chi connectivity index (χ4v) is 1.74. The number of nitrogen functional groups attached to an aromatic ring is 1. The highest BCUT2D eigenvalue weighted by Gasteiger charge is 2.35. The number of hydrogen-bond donors (Lipinski definition) is 1. The molecule has 0 fully saturated rings. The van der Waals surface area contributed by atoms with Crippen molar-refractivity contribution >= 4 is 29.1 Å². The lowest BCUT2D eigenvalue weighted by Crippen LogP contribution is -2.30. The maximum Gasteiger partial charge on any atom is 0.261 e. The SMILES string of the molecule is C=C(Cl)CN1C(=O)c2ccc(N)cc2C1=O. The summed E-state index contributed by atoms with van der Waals surface area (Å²) in [6, 6.07) is 4.62. The van der Waals surface area contributed by atoms with E-state index in [1.54, 1.807) is 12.1 Å². The lowest BCUT2D eigenvalue weighted by Gasteiger charge is -2.11. The molecule has 0 saturated carbocycles. The molecule has 0 bridgehead atoms. The van der Waals surface area contributed by atoms with Gasteiger partial charge in [-0.25, -0.2) is 0 Å². The van der Waals surface area contributed by atoms with Gasteiger partial charge in [-0.1, -0.05) is 18.2 Å². The molecule has 0 atom stereocenters. The monoisotopic (exact) mass is 236 g/mol. The van der Waals surface area contributed by atoms with Crippen LogP contribution in [0.5, 0.6) is 0 Å². The highest BCUT2D eigenvalue weighted by atomic mass is 35.5. The van der Waals surface area contributed by atoms with Crippen LogP contribution in [-0.4, -0.2) is 23.3 Å². The van der Waals surface area contributed by atoms with E-state index in [4.69, 9.17) is 17.3 Å². The van der Waals surface area contributed by atoms with Gasteiger partial charge in [-0.2, -0.15) is 0 Å². The van der Waals surface area contributed by atoms with Crippen molar-refractivity contribution in [2.75, 3.05) is 12.3 Å². The molecule has 0 radical (unpaired) electrons. The Bertz CT molecular complexity index is 511. The number of amides is 2. The van der Waals surface area contributed by atoms with Crippen LogP contribution in [0.2, 0.25) is 0 Å². The van der Waals surface area contributed by atoms with E-state index >= 15 is 0 Å². The summed E-state index contributed by atoms with van der Waals surface area (Å²) in [5.74, 6) is -0.740. The molecule has 1 heterocycles. The molecule has 5 heteroatoms. The van der Waals surface area contributed by atoms with Crippen molar-refractivity contribution in [2.45, 2.75) is 0 Å². The number of carbonyl (C=O) groups is 2. The quantitative estimate of drug-likeness (QED) is 0.627. The van der Waals surface area contributed by atoms with Gasteiger partial charge in [0.15, 0.2) is 0 Å². The zero-order valence-electron chi connectivity index (χ0n) is 8.37. The van der Waals surface area contributed by atoms with E-state index in [1.807, 2.05) is 0 Å². The van der Waals surface area contributed by atoms with E-state index in [0.29, 0.717) is 16.8 Å². The van der Waals surface area contributed by atoms with Gasteiger partial charge < -0.3 is 5.73 Å². The van der Waals surface area contributed by atoms with Crippen LogP contribution in [0.4, 0.5) is 5.69 Å². The minimum atomic E-state index is -0.380. The summed E-state index contributed by atoms with van der Waals surface area (Å²) in [6.45, 7) is 3.48. The zero-order chi connectivity index (χ0) is 11.9. The molecular formula is C11H9ClN2O2. The summed E-state index contributed by atoms with van der Waals surface area (Å²) in [5, 5.41) is 0.238. The summed E-state index contributed by atoms with van der Waals surface area (Å²) >= 11 is 5.60. The number of fused-ring (bicyclic) bond motifs is 1. The molecule has 0 saturated heterocycles. The summed E-state index contributed by atoms with van der Waals surface area (Å²) in [5.41, 5.74) is 6.69. The van der Waals surface area contributed by atoms with E-state index in [0.717, 1.165) is 4.90 Å². The molecule has 16 heavy (non-hydrogen) atoms. The van der Waals surface area contributed by atoms with Crippen molar-refractivity contribution in [3.05, 3.63) is 40.9 Å². The van der Waals surface area contributed by atoms with Crippen molar-refractivity contribution in [1.29, 1.82) is 0 Å². The first-order chi connectivity index (χ1) is 7.50. The van der Waals surface area contributed by atoms with Gasteiger partial charge in [0.05, 0.1) is 17.7 Å². The largest absolute Gasteiger partial charge is 0.399 e. The number of anilines is 1. The van der Waals surface area contributed by atoms with Gasteiger partial charge in [0, 0.05) is 10.7 Å². The smallest absolute Gasteiger partial charge is 0.261 e. The third-order valence-electron chi connectivity index (χ3n) is 2.32. The molecule has 1 aliphatic rings. The molecule has 0 aromatic heterocycles. The second-order valence-corrected chi connectivity index (χ2v) is 4.05. The number of benzene rings is 1. The molecule has 0 unspecified atom stereocenters. The Morgan fingerprint density at radius 1 is 1.31 bits per heavy atom. The number of nitrogens with zero attached hydrogens (tertiary/aromatic N) is 1. The van der Waals surface area contributed by atoms with Crippen molar-refractivity contribution < 1.29 is 9.59 Å².